The molecule has 1 aromatic heterocycles. The molecule has 0 saturated carbocycles. The molecule has 2 heterocycles. The van der Waals surface area contributed by atoms with E-state index in [0.29, 0.717) is 6.61 Å². The van der Waals surface area contributed by atoms with Crippen LogP contribution in [0.2, 0.25) is 0 Å². The number of benzene rings is 1. The van der Waals surface area contributed by atoms with Gasteiger partial charge in [0.05, 0.1) is 16.8 Å². The number of anilines is 1. The molecule has 1 aromatic carbocycles. The Morgan fingerprint density at radius 2 is 2.38 bits per heavy atom. The van der Waals surface area contributed by atoms with Gasteiger partial charge in [-0.3, -0.25) is 0 Å². The number of ether oxygens (including phenoxy) is 1. The zero-order valence-electron chi connectivity index (χ0n) is 12.8. The van der Waals surface area contributed by atoms with Crippen molar-refractivity contribution in [3.8, 4) is 5.75 Å². The van der Waals surface area contributed by atoms with Crippen molar-refractivity contribution in [2.45, 2.75) is 19.8 Å². The first kappa shape index (κ1) is 14.6. The van der Waals surface area contributed by atoms with Crippen LogP contribution in [0.1, 0.15) is 19.8 Å². The molecule has 0 aliphatic carbocycles. The molecule has 1 unspecified atom stereocenters. The van der Waals surface area contributed by atoms with E-state index in [1.54, 1.807) is 11.3 Å². The monoisotopic (exact) mass is 305 g/mol. The average molecular weight is 305 g/mol. The standard InChI is InChI=1S/C16H23N3OS/c1-3-20-13-6-7-14-15(9-13)21-16(18-14)17-10-12-5-4-8-19(2)11-12/h6-7,9,12H,3-5,8,10-11H2,1-2H3,(H,17,18). The van der Waals surface area contributed by atoms with Crippen LogP contribution in [0.5, 0.6) is 5.75 Å². The summed E-state index contributed by atoms with van der Waals surface area (Å²) in [6, 6.07) is 6.11. The van der Waals surface area contributed by atoms with E-state index >= 15 is 0 Å². The summed E-state index contributed by atoms with van der Waals surface area (Å²) in [5, 5.41) is 4.54. The normalized spacial score (nSPS) is 19.8. The predicted octanol–water partition coefficient (Wildman–Crippen LogP) is 3.45. The molecule has 5 heteroatoms. The van der Waals surface area contributed by atoms with Gasteiger partial charge in [-0.05, 0) is 57.5 Å². The lowest BCUT2D eigenvalue weighted by Gasteiger charge is -2.29. The van der Waals surface area contributed by atoms with E-state index in [2.05, 4.69) is 28.3 Å². The second-order valence-corrected chi connectivity index (χ2v) is 6.76. The van der Waals surface area contributed by atoms with Crippen molar-refractivity contribution in [1.82, 2.24) is 9.88 Å². The van der Waals surface area contributed by atoms with Crippen LogP contribution in [0.25, 0.3) is 10.2 Å². The van der Waals surface area contributed by atoms with Gasteiger partial charge in [-0.1, -0.05) is 11.3 Å². The Bertz CT molecular complexity index is 598. The van der Waals surface area contributed by atoms with E-state index in [1.165, 1.54) is 30.6 Å². The third kappa shape index (κ3) is 3.66. The molecule has 1 aliphatic rings. The Kier molecular flexibility index (Phi) is 4.60. The Balaban J connectivity index is 1.64. The zero-order chi connectivity index (χ0) is 14.7. The highest BCUT2D eigenvalue weighted by Crippen LogP contribution is 2.29. The highest BCUT2D eigenvalue weighted by molar-refractivity contribution is 7.22. The number of piperidine rings is 1. The molecule has 0 amide bonds. The van der Waals surface area contributed by atoms with E-state index < -0.39 is 0 Å². The molecule has 1 atom stereocenters. The first-order valence-corrected chi connectivity index (χ1v) is 8.52. The number of rotatable bonds is 5. The van der Waals surface area contributed by atoms with E-state index in [9.17, 15) is 0 Å². The molecular formula is C16H23N3OS. The van der Waals surface area contributed by atoms with Gasteiger partial charge in [0.2, 0.25) is 0 Å². The fraction of sp³-hybridized carbons (Fsp3) is 0.562. The summed E-state index contributed by atoms with van der Waals surface area (Å²) in [5.74, 6) is 1.66. The molecule has 2 aromatic rings. The maximum absolute atomic E-state index is 5.54. The second kappa shape index (κ2) is 6.62. The van der Waals surface area contributed by atoms with Crippen molar-refractivity contribution in [3.63, 3.8) is 0 Å². The van der Waals surface area contributed by atoms with Gasteiger partial charge in [-0.25, -0.2) is 4.98 Å². The van der Waals surface area contributed by atoms with E-state index in [0.717, 1.165) is 28.9 Å². The fourth-order valence-electron chi connectivity index (χ4n) is 2.91. The van der Waals surface area contributed by atoms with Crippen LogP contribution in [-0.2, 0) is 0 Å². The van der Waals surface area contributed by atoms with Gasteiger partial charge in [0.25, 0.3) is 0 Å². The number of thiazole rings is 1. The number of hydrogen-bond donors (Lipinski definition) is 1. The maximum Gasteiger partial charge on any atom is 0.183 e. The first-order valence-electron chi connectivity index (χ1n) is 7.70. The van der Waals surface area contributed by atoms with Gasteiger partial charge in [0, 0.05) is 13.1 Å². The van der Waals surface area contributed by atoms with Crippen LogP contribution in [0.4, 0.5) is 5.13 Å². The number of likely N-dealkylation sites (tertiary alicyclic amines) is 1. The summed E-state index contributed by atoms with van der Waals surface area (Å²) >= 11 is 1.71. The van der Waals surface area contributed by atoms with Crippen molar-refractivity contribution >= 4 is 26.7 Å². The number of fused-ring (bicyclic) bond motifs is 1. The minimum absolute atomic E-state index is 0.699. The van der Waals surface area contributed by atoms with Gasteiger partial charge >= 0.3 is 0 Å². The Labute approximate surface area is 130 Å². The van der Waals surface area contributed by atoms with Crippen LogP contribution >= 0.6 is 11.3 Å². The molecule has 4 nitrogen and oxygen atoms in total. The highest BCUT2D eigenvalue weighted by atomic mass is 32.1. The van der Waals surface area contributed by atoms with E-state index in [-0.39, 0.29) is 0 Å². The van der Waals surface area contributed by atoms with E-state index in [1.807, 2.05) is 19.1 Å². The van der Waals surface area contributed by atoms with Crippen molar-refractivity contribution in [2.75, 3.05) is 38.6 Å². The van der Waals surface area contributed by atoms with Crippen molar-refractivity contribution < 1.29 is 4.74 Å². The first-order chi connectivity index (χ1) is 10.2. The minimum atomic E-state index is 0.699. The number of nitrogens with zero attached hydrogens (tertiary/aromatic N) is 2. The Hall–Kier alpha value is -1.33. The number of aromatic nitrogens is 1. The van der Waals surface area contributed by atoms with Crippen molar-refractivity contribution in [1.29, 1.82) is 0 Å². The number of nitrogens with one attached hydrogen (secondary N) is 1. The number of hydrogen-bond acceptors (Lipinski definition) is 5. The van der Waals surface area contributed by atoms with Gasteiger partial charge in [0.15, 0.2) is 5.13 Å². The molecule has 1 aliphatic heterocycles. The highest BCUT2D eigenvalue weighted by Gasteiger charge is 2.17. The quantitative estimate of drug-likeness (QED) is 0.918. The van der Waals surface area contributed by atoms with Crippen LogP contribution < -0.4 is 10.1 Å². The van der Waals surface area contributed by atoms with Gasteiger partial charge in [0.1, 0.15) is 5.75 Å². The average Bonchev–Trinajstić information content (AvgIpc) is 2.88. The second-order valence-electron chi connectivity index (χ2n) is 5.73. The van der Waals surface area contributed by atoms with Crippen LogP contribution in [-0.4, -0.2) is 43.2 Å². The topological polar surface area (TPSA) is 37.4 Å². The maximum atomic E-state index is 5.54. The van der Waals surface area contributed by atoms with Crippen LogP contribution in [0.15, 0.2) is 18.2 Å². The van der Waals surface area contributed by atoms with Crippen LogP contribution in [0.3, 0.4) is 0 Å². The summed E-state index contributed by atoms with van der Waals surface area (Å²) in [5.41, 5.74) is 1.05. The molecule has 1 N–H and O–H groups in total. The van der Waals surface area contributed by atoms with Gasteiger partial charge in [-0.15, -0.1) is 0 Å². The largest absolute Gasteiger partial charge is 0.494 e. The Morgan fingerprint density at radius 3 is 3.19 bits per heavy atom. The molecule has 21 heavy (non-hydrogen) atoms. The molecule has 3 rings (SSSR count). The third-order valence-corrected chi connectivity index (χ3v) is 4.91. The molecule has 0 spiro atoms. The van der Waals surface area contributed by atoms with Crippen LogP contribution in [0, 0.1) is 5.92 Å². The fourth-order valence-corrected chi connectivity index (χ4v) is 3.81. The molecule has 1 saturated heterocycles. The van der Waals surface area contributed by atoms with Gasteiger partial charge < -0.3 is 15.0 Å². The molecule has 1 fully saturated rings. The lowest BCUT2D eigenvalue weighted by atomic mass is 9.99. The third-order valence-electron chi connectivity index (χ3n) is 3.93. The minimum Gasteiger partial charge on any atom is -0.494 e. The smallest absolute Gasteiger partial charge is 0.183 e. The van der Waals surface area contributed by atoms with Crippen molar-refractivity contribution in [2.24, 2.45) is 5.92 Å². The zero-order valence-corrected chi connectivity index (χ0v) is 13.6. The summed E-state index contributed by atoms with van der Waals surface area (Å²) < 4.78 is 6.73. The molecule has 0 bridgehead atoms. The lowest BCUT2D eigenvalue weighted by Crippen LogP contribution is -2.35. The molecular weight excluding hydrogens is 282 g/mol. The van der Waals surface area contributed by atoms with Gasteiger partial charge in [-0.2, -0.15) is 0 Å². The summed E-state index contributed by atoms with van der Waals surface area (Å²) in [7, 11) is 2.21. The summed E-state index contributed by atoms with van der Waals surface area (Å²) in [4.78, 5) is 7.07. The molecule has 114 valence electrons. The summed E-state index contributed by atoms with van der Waals surface area (Å²) in [6.45, 7) is 6.14. The predicted molar refractivity (Wildman–Crippen MR) is 89.5 cm³/mol. The summed E-state index contributed by atoms with van der Waals surface area (Å²) in [6.07, 6.45) is 2.62. The Morgan fingerprint density at radius 1 is 1.48 bits per heavy atom. The SMILES string of the molecule is CCOc1ccc2nc(NCC3CCCN(C)C3)sc2c1. The van der Waals surface area contributed by atoms with Crippen molar-refractivity contribution in [3.05, 3.63) is 18.2 Å². The van der Waals surface area contributed by atoms with E-state index in [4.69, 9.17) is 4.74 Å². The molecule has 0 radical (unpaired) electrons. The lowest BCUT2D eigenvalue weighted by molar-refractivity contribution is 0.217.